The van der Waals surface area contributed by atoms with E-state index in [1.165, 1.54) is 6.42 Å². The van der Waals surface area contributed by atoms with Crippen molar-refractivity contribution in [2.24, 2.45) is 0 Å². The van der Waals surface area contributed by atoms with Gasteiger partial charge in [0.15, 0.2) is 0 Å². The van der Waals surface area contributed by atoms with E-state index in [2.05, 4.69) is 5.43 Å². The van der Waals surface area contributed by atoms with Crippen LogP contribution in [0.1, 0.15) is 44.6 Å². The van der Waals surface area contributed by atoms with Crippen molar-refractivity contribution in [1.82, 2.24) is 10.3 Å². The van der Waals surface area contributed by atoms with E-state index in [-0.39, 0.29) is 18.6 Å². The van der Waals surface area contributed by atoms with Crippen LogP contribution in [0.3, 0.4) is 0 Å². The number of carbonyl (C=O) groups excluding carboxylic acids is 2. The topological polar surface area (TPSA) is 61.9 Å². The van der Waals surface area contributed by atoms with Crippen LogP contribution in [0, 0.1) is 0 Å². The van der Waals surface area contributed by atoms with Crippen LogP contribution in [0.5, 0.6) is 0 Å². The first kappa shape index (κ1) is 21.9. The molecule has 2 aromatic rings. The lowest BCUT2D eigenvalue weighted by Gasteiger charge is -2.32. The van der Waals surface area contributed by atoms with E-state index in [0.717, 1.165) is 36.9 Å². The van der Waals surface area contributed by atoms with Crippen LogP contribution < -0.4 is 10.4 Å². The highest BCUT2D eigenvalue weighted by atomic mass is 16.5. The van der Waals surface area contributed by atoms with E-state index in [4.69, 9.17) is 4.74 Å². The summed E-state index contributed by atoms with van der Waals surface area (Å²) in [5.41, 5.74) is 6.06. The zero-order chi connectivity index (χ0) is 22.3. The number of nitrogens with zero attached hydrogens (tertiary/aromatic N) is 2. The van der Waals surface area contributed by atoms with Crippen LogP contribution in [-0.2, 0) is 20.9 Å². The number of ether oxygens (including phenoxy) is 1. The molecule has 0 saturated heterocycles. The van der Waals surface area contributed by atoms with Crippen LogP contribution in [-0.4, -0.2) is 36.0 Å². The number of para-hydroxylation sites is 1. The molecule has 1 aliphatic carbocycles. The summed E-state index contributed by atoms with van der Waals surface area (Å²) in [5.74, 6) is -0.539. The third-order valence-corrected chi connectivity index (χ3v) is 6.14. The lowest BCUT2D eigenvalue weighted by Crippen LogP contribution is -2.44. The lowest BCUT2D eigenvalue weighted by molar-refractivity contribution is -0.138. The van der Waals surface area contributed by atoms with Gasteiger partial charge in [-0.05, 0) is 37.5 Å². The van der Waals surface area contributed by atoms with Crippen molar-refractivity contribution in [3.05, 3.63) is 77.5 Å². The Kier molecular flexibility index (Phi) is 7.10. The molecule has 0 atom stereocenters. The Morgan fingerprint density at radius 3 is 2.34 bits per heavy atom. The van der Waals surface area contributed by atoms with Gasteiger partial charge in [0.2, 0.25) is 0 Å². The van der Waals surface area contributed by atoms with Gasteiger partial charge in [0.1, 0.15) is 5.70 Å². The number of benzene rings is 2. The minimum Gasteiger partial charge on any atom is -0.463 e. The van der Waals surface area contributed by atoms with Crippen LogP contribution in [0.2, 0.25) is 0 Å². The van der Waals surface area contributed by atoms with Gasteiger partial charge in [-0.25, -0.2) is 4.79 Å². The summed E-state index contributed by atoms with van der Waals surface area (Å²) < 4.78 is 5.31. The molecule has 168 valence electrons. The molecule has 0 spiro atoms. The number of nitrogens with one attached hydrogen (secondary N) is 1. The third kappa shape index (κ3) is 4.96. The van der Waals surface area contributed by atoms with E-state index < -0.39 is 5.97 Å². The highest BCUT2D eigenvalue weighted by molar-refractivity contribution is 6.06. The molecule has 0 radical (unpaired) electrons. The number of hydrazine groups is 1. The maximum absolute atomic E-state index is 13.5. The Bertz CT molecular complexity index is 953. The second kappa shape index (κ2) is 10.4. The lowest BCUT2D eigenvalue weighted by atomic mass is 9.94. The van der Waals surface area contributed by atoms with Crippen molar-refractivity contribution < 1.29 is 14.3 Å². The van der Waals surface area contributed by atoms with Crippen molar-refractivity contribution in [2.75, 3.05) is 18.2 Å². The van der Waals surface area contributed by atoms with E-state index in [0.29, 0.717) is 24.4 Å². The molecule has 1 N–H and O–H groups in total. The first-order valence-electron chi connectivity index (χ1n) is 11.5. The number of anilines is 1. The van der Waals surface area contributed by atoms with Gasteiger partial charge in [0.05, 0.1) is 31.0 Å². The fraction of sp³-hybridized carbons (Fsp3) is 0.385. The van der Waals surface area contributed by atoms with E-state index >= 15 is 0 Å². The third-order valence-electron chi connectivity index (χ3n) is 6.14. The molecule has 1 aliphatic heterocycles. The first-order chi connectivity index (χ1) is 15.7. The minimum absolute atomic E-state index is 0.117. The number of hydrogen-bond donors (Lipinski definition) is 1. The van der Waals surface area contributed by atoms with Crippen LogP contribution in [0.4, 0.5) is 5.69 Å². The fourth-order valence-electron chi connectivity index (χ4n) is 4.49. The highest BCUT2D eigenvalue weighted by Crippen LogP contribution is 2.29. The van der Waals surface area contributed by atoms with E-state index in [9.17, 15) is 9.59 Å². The number of rotatable bonds is 8. The zero-order valence-electron chi connectivity index (χ0n) is 18.6. The van der Waals surface area contributed by atoms with Crippen molar-refractivity contribution in [3.63, 3.8) is 0 Å². The molecule has 1 amide bonds. The smallest absolute Gasteiger partial charge is 0.338 e. The number of carbonyl (C=O) groups is 2. The predicted molar refractivity (Wildman–Crippen MR) is 124 cm³/mol. The summed E-state index contributed by atoms with van der Waals surface area (Å²) in [6, 6.07) is 20.1. The van der Waals surface area contributed by atoms with Crippen molar-refractivity contribution in [1.29, 1.82) is 0 Å². The molecule has 4 rings (SSSR count). The maximum Gasteiger partial charge on any atom is 0.338 e. The van der Waals surface area contributed by atoms with Crippen molar-refractivity contribution in [2.45, 2.75) is 51.6 Å². The first-order valence-corrected chi connectivity index (χ1v) is 11.5. The van der Waals surface area contributed by atoms with Gasteiger partial charge in [0, 0.05) is 6.04 Å². The number of amides is 1. The molecule has 0 unspecified atom stereocenters. The van der Waals surface area contributed by atoms with Gasteiger partial charge in [-0.2, -0.15) is 0 Å². The van der Waals surface area contributed by atoms with Gasteiger partial charge < -0.3 is 9.64 Å². The van der Waals surface area contributed by atoms with Gasteiger partial charge in [-0.15, -0.1) is 0 Å². The van der Waals surface area contributed by atoms with Crippen molar-refractivity contribution in [3.8, 4) is 0 Å². The molecular formula is C26H31N3O3. The normalized spacial score (nSPS) is 16.9. The molecule has 2 aliphatic rings. The second-order valence-electron chi connectivity index (χ2n) is 8.32. The van der Waals surface area contributed by atoms with Gasteiger partial charge >= 0.3 is 5.97 Å². The Balaban J connectivity index is 1.64. The predicted octanol–water partition coefficient (Wildman–Crippen LogP) is 4.19. The molecule has 0 bridgehead atoms. The van der Waals surface area contributed by atoms with E-state index in [1.807, 2.05) is 70.6 Å². The van der Waals surface area contributed by atoms with Crippen LogP contribution in [0.25, 0.3) is 0 Å². The molecule has 6 heteroatoms. The van der Waals surface area contributed by atoms with Crippen molar-refractivity contribution >= 4 is 17.6 Å². The van der Waals surface area contributed by atoms with Crippen LogP contribution in [0.15, 0.2) is 71.9 Å². The quantitative estimate of drug-likeness (QED) is 0.500. The molecule has 0 aromatic heterocycles. The van der Waals surface area contributed by atoms with E-state index in [1.54, 1.807) is 6.92 Å². The summed E-state index contributed by atoms with van der Waals surface area (Å²) in [6.45, 7) is 2.91. The Hall–Kier alpha value is -3.28. The average molecular weight is 434 g/mol. The number of esters is 1. The second-order valence-corrected chi connectivity index (χ2v) is 8.32. The molecule has 1 saturated carbocycles. The molecular weight excluding hydrogens is 402 g/mol. The highest BCUT2D eigenvalue weighted by Gasteiger charge is 2.39. The Morgan fingerprint density at radius 2 is 1.69 bits per heavy atom. The fourth-order valence-corrected chi connectivity index (χ4v) is 4.49. The number of hydrogen-bond acceptors (Lipinski definition) is 5. The summed E-state index contributed by atoms with van der Waals surface area (Å²) in [5, 5.41) is 1.92. The monoisotopic (exact) mass is 433 g/mol. The summed E-state index contributed by atoms with van der Waals surface area (Å²) in [6.07, 6.45) is 5.43. The zero-order valence-corrected chi connectivity index (χ0v) is 18.6. The van der Waals surface area contributed by atoms with Gasteiger partial charge in [0.25, 0.3) is 5.91 Å². The summed E-state index contributed by atoms with van der Waals surface area (Å²) in [7, 11) is 0. The molecule has 1 heterocycles. The molecule has 1 fully saturated rings. The average Bonchev–Trinajstić information content (AvgIpc) is 3.17. The minimum atomic E-state index is -0.422. The SMILES string of the molecule is CCOC(=O)C1=C(NN(Cc2ccccc2)c2ccccc2)C(=O)N(C2CCCCC2)C1. The largest absolute Gasteiger partial charge is 0.463 e. The Labute approximate surface area is 189 Å². The molecule has 32 heavy (non-hydrogen) atoms. The van der Waals surface area contributed by atoms with Gasteiger partial charge in [-0.3, -0.25) is 15.2 Å². The van der Waals surface area contributed by atoms with Gasteiger partial charge in [-0.1, -0.05) is 67.8 Å². The standard InChI is InChI=1S/C26H31N3O3/c1-2-32-26(31)23-19-28(21-14-8-4-9-15-21)25(30)24(23)27-29(22-16-10-5-11-17-22)18-20-12-6-3-7-13-20/h3,5-7,10-13,16-17,21,27H,2,4,8-9,14-15,18-19H2,1H3. The summed E-state index contributed by atoms with van der Waals surface area (Å²) >= 11 is 0. The molecule has 2 aromatic carbocycles. The van der Waals surface area contributed by atoms with Crippen LogP contribution >= 0.6 is 0 Å². The maximum atomic E-state index is 13.5. The summed E-state index contributed by atoms with van der Waals surface area (Å²) in [4.78, 5) is 28.2. The molecule has 6 nitrogen and oxygen atoms in total. The Morgan fingerprint density at radius 1 is 1.03 bits per heavy atom.